The van der Waals surface area contributed by atoms with Gasteiger partial charge in [0, 0.05) is 24.4 Å². The normalized spacial score (nSPS) is 17.1. The smallest absolute Gasteiger partial charge is 0.376 e. The summed E-state index contributed by atoms with van der Waals surface area (Å²) in [7, 11) is -4.18. The summed E-state index contributed by atoms with van der Waals surface area (Å²) in [6, 6.07) is 9.14. The fourth-order valence-electron chi connectivity index (χ4n) is 2.89. The van der Waals surface area contributed by atoms with Crippen LogP contribution in [0, 0.1) is 0 Å². The van der Waals surface area contributed by atoms with Crippen LogP contribution in [-0.2, 0) is 20.9 Å². The second-order valence-corrected chi connectivity index (χ2v) is 8.24. The first-order valence-corrected chi connectivity index (χ1v) is 10.3. The first-order valence-electron chi connectivity index (χ1n) is 8.85. The summed E-state index contributed by atoms with van der Waals surface area (Å²) in [5.41, 5.74) is -1.08. The number of benzene rings is 2. The van der Waals surface area contributed by atoms with E-state index >= 15 is 0 Å². The number of nitrogens with one attached hydrogen (secondary N) is 2. The van der Waals surface area contributed by atoms with Crippen molar-refractivity contribution < 1.29 is 31.1 Å². The van der Waals surface area contributed by atoms with Crippen LogP contribution in [0.1, 0.15) is 28.8 Å². The highest BCUT2D eigenvalue weighted by Gasteiger charge is 2.30. The maximum Gasteiger partial charge on any atom is 0.416 e. The van der Waals surface area contributed by atoms with Crippen molar-refractivity contribution in [1.29, 1.82) is 0 Å². The van der Waals surface area contributed by atoms with E-state index in [9.17, 15) is 26.4 Å². The van der Waals surface area contributed by atoms with E-state index in [0.717, 1.165) is 25.0 Å². The third-order valence-electron chi connectivity index (χ3n) is 4.36. The fraction of sp³-hybridized carbons (Fsp3) is 0.316. The van der Waals surface area contributed by atoms with Crippen molar-refractivity contribution >= 4 is 21.6 Å². The van der Waals surface area contributed by atoms with Crippen molar-refractivity contribution in [2.75, 3.05) is 17.9 Å². The molecule has 0 saturated carbocycles. The van der Waals surface area contributed by atoms with Crippen LogP contribution >= 0.6 is 0 Å². The van der Waals surface area contributed by atoms with Gasteiger partial charge in [0.25, 0.3) is 15.9 Å². The van der Waals surface area contributed by atoms with Gasteiger partial charge in [-0.15, -0.1) is 0 Å². The number of sulfonamides is 1. The predicted octanol–water partition coefficient (Wildman–Crippen LogP) is 3.42. The van der Waals surface area contributed by atoms with Crippen molar-refractivity contribution in [3.63, 3.8) is 0 Å². The lowest BCUT2D eigenvalue weighted by Crippen LogP contribution is -2.31. The molecule has 10 heteroatoms. The van der Waals surface area contributed by atoms with Crippen LogP contribution in [0.4, 0.5) is 18.9 Å². The van der Waals surface area contributed by atoms with Gasteiger partial charge in [0.15, 0.2) is 0 Å². The highest BCUT2D eigenvalue weighted by atomic mass is 32.2. The summed E-state index contributed by atoms with van der Waals surface area (Å²) in [4.78, 5) is 12.1. The van der Waals surface area contributed by atoms with Crippen molar-refractivity contribution in [3.8, 4) is 0 Å². The molecule has 2 N–H and O–H groups in total. The minimum Gasteiger partial charge on any atom is -0.376 e. The molecule has 3 rings (SSSR count). The van der Waals surface area contributed by atoms with Crippen LogP contribution in [0.15, 0.2) is 53.4 Å². The molecule has 1 aliphatic rings. The third kappa shape index (κ3) is 5.48. The Bertz CT molecular complexity index is 987. The summed E-state index contributed by atoms with van der Waals surface area (Å²) in [5.74, 6) is -0.461. The Morgan fingerprint density at radius 2 is 1.90 bits per heavy atom. The molecule has 29 heavy (non-hydrogen) atoms. The van der Waals surface area contributed by atoms with Crippen LogP contribution in [-0.4, -0.2) is 33.6 Å². The predicted molar refractivity (Wildman–Crippen MR) is 100 cm³/mol. The lowest BCUT2D eigenvalue weighted by atomic mass is 10.2. The van der Waals surface area contributed by atoms with Gasteiger partial charge >= 0.3 is 6.18 Å². The fourth-order valence-corrected chi connectivity index (χ4v) is 3.99. The van der Waals surface area contributed by atoms with Gasteiger partial charge in [0.1, 0.15) is 0 Å². The molecule has 1 heterocycles. The molecule has 0 bridgehead atoms. The Morgan fingerprint density at radius 1 is 1.14 bits per heavy atom. The van der Waals surface area contributed by atoms with E-state index in [1.807, 2.05) is 0 Å². The molecule has 1 aliphatic heterocycles. The van der Waals surface area contributed by atoms with Crippen LogP contribution in [0.2, 0.25) is 0 Å². The van der Waals surface area contributed by atoms with Gasteiger partial charge in [0.05, 0.1) is 16.6 Å². The molecule has 0 spiro atoms. The number of carbonyl (C=O) groups is 1. The number of halogens is 3. The molecule has 0 radical (unpaired) electrons. The number of hydrogen-bond acceptors (Lipinski definition) is 4. The maximum atomic E-state index is 12.8. The first-order chi connectivity index (χ1) is 13.6. The van der Waals surface area contributed by atoms with E-state index in [2.05, 4.69) is 10.0 Å². The Balaban J connectivity index is 1.74. The quantitative estimate of drug-likeness (QED) is 0.739. The topological polar surface area (TPSA) is 84.5 Å². The number of alkyl halides is 3. The Kier molecular flexibility index (Phi) is 6.13. The number of amides is 1. The van der Waals surface area contributed by atoms with Crippen LogP contribution in [0.25, 0.3) is 0 Å². The second kappa shape index (κ2) is 8.42. The molecule has 0 unspecified atom stereocenters. The number of hydrogen-bond donors (Lipinski definition) is 2. The zero-order valence-corrected chi connectivity index (χ0v) is 16.0. The molecule has 0 aromatic heterocycles. The van der Waals surface area contributed by atoms with Gasteiger partial charge in [-0.25, -0.2) is 8.42 Å². The van der Waals surface area contributed by atoms with Crippen molar-refractivity contribution in [2.24, 2.45) is 0 Å². The maximum absolute atomic E-state index is 12.8. The minimum atomic E-state index is -4.59. The zero-order valence-electron chi connectivity index (χ0n) is 15.2. The van der Waals surface area contributed by atoms with E-state index < -0.39 is 27.7 Å². The van der Waals surface area contributed by atoms with Gasteiger partial charge in [0.2, 0.25) is 0 Å². The average Bonchev–Trinajstić information content (AvgIpc) is 3.19. The monoisotopic (exact) mass is 428 g/mol. The molecule has 1 fully saturated rings. The standard InChI is InChI=1S/C19H19F3N2O4S/c20-19(21,22)14-5-2-6-15(11-14)24-29(26,27)17-8-1-4-13(10-17)18(25)23-12-16-7-3-9-28-16/h1-2,4-6,8,10-11,16,24H,3,7,9,12H2,(H,23,25)/t16-/m1/s1. The summed E-state index contributed by atoms with van der Waals surface area (Å²) in [6.07, 6.45) is -2.89. The average molecular weight is 428 g/mol. The van der Waals surface area contributed by atoms with Crippen LogP contribution in [0.5, 0.6) is 0 Å². The molecule has 1 saturated heterocycles. The van der Waals surface area contributed by atoms with Gasteiger partial charge in [-0.3, -0.25) is 9.52 Å². The number of ether oxygens (including phenoxy) is 1. The second-order valence-electron chi connectivity index (χ2n) is 6.56. The number of carbonyl (C=O) groups excluding carboxylic acids is 1. The summed E-state index contributed by atoms with van der Waals surface area (Å²) in [5, 5.41) is 2.69. The Labute approximate surface area is 166 Å². The van der Waals surface area contributed by atoms with Gasteiger partial charge in [-0.05, 0) is 49.2 Å². The lowest BCUT2D eigenvalue weighted by Gasteiger charge is -2.13. The molecular weight excluding hydrogens is 409 g/mol. The minimum absolute atomic E-state index is 0.0616. The highest BCUT2D eigenvalue weighted by molar-refractivity contribution is 7.92. The van der Waals surface area contributed by atoms with Crippen LogP contribution < -0.4 is 10.0 Å². The highest BCUT2D eigenvalue weighted by Crippen LogP contribution is 2.31. The van der Waals surface area contributed by atoms with E-state index in [1.165, 1.54) is 30.3 Å². The molecule has 1 amide bonds. The molecular formula is C19H19F3N2O4S. The molecule has 2 aromatic carbocycles. The zero-order chi connectivity index (χ0) is 21.1. The largest absolute Gasteiger partial charge is 0.416 e. The summed E-state index contributed by atoms with van der Waals surface area (Å²) < 4.78 is 71.1. The summed E-state index contributed by atoms with van der Waals surface area (Å²) in [6.45, 7) is 0.966. The van der Waals surface area contributed by atoms with E-state index in [1.54, 1.807) is 0 Å². The van der Waals surface area contributed by atoms with E-state index in [4.69, 9.17) is 4.74 Å². The van der Waals surface area contributed by atoms with Crippen molar-refractivity contribution in [3.05, 3.63) is 59.7 Å². The van der Waals surface area contributed by atoms with Gasteiger partial charge in [-0.1, -0.05) is 12.1 Å². The van der Waals surface area contributed by atoms with E-state index in [-0.39, 0.29) is 22.3 Å². The van der Waals surface area contributed by atoms with Crippen LogP contribution in [0.3, 0.4) is 0 Å². The lowest BCUT2D eigenvalue weighted by molar-refractivity contribution is -0.137. The number of rotatable bonds is 6. The van der Waals surface area contributed by atoms with Gasteiger partial charge in [-0.2, -0.15) is 13.2 Å². The summed E-state index contributed by atoms with van der Waals surface area (Å²) >= 11 is 0. The van der Waals surface area contributed by atoms with Crippen molar-refractivity contribution in [2.45, 2.75) is 30.0 Å². The third-order valence-corrected chi connectivity index (χ3v) is 5.74. The van der Waals surface area contributed by atoms with E-state index in [0.29, 0.717) is 19.2 Å². The SMILES string of the molecule is O=C(NC[C@H]1CCCO1)c1cccc(S(=O)(=O)Nc2cccc(C(F)(F)F)c2)c1. The Hall–Kier alpha value is -2.59. The van der Waals surface area contributed by atoms with Gasteiger partial charge < -0.3 is 10.1 Å². The Morgan fingerprint density at radius 3 is 2.59 bits per heavy atom. The molecule has 156 valence electrons. The molecule has 1 atom stereocenters. The molecule has 0 aliphatic carbocycles. The molecule has 2 aromatic rings. The first kappa shape index (κ1) is 21.1. The number of anilines is 1. The van der Waals surface area contributed by atoms with Crippen molar-refractivity contribution in [1.82, 2.24) is 5.32 Å². The molecule has 6 nitrogen and oxygen atoms in total.